The maximum atomic E-state index is 14.1. The highest BCUT2D eigenvalue weighted by Gasteiger charge is 2.47. The Morgan fingerprint density at radius 1 is 0.767 bits per heavy atom. The van der Waals surface area contributed by atoms with E-state index >= 15 is 0 Å². The Balaban J connectivity index is 1.44. The molecular weight excluding hydrogens is 541 g/mol. The van der Waals surface area contributed by atoms with Gasteiger partial charge in [-0.2, -0.15) is 13.2 Å². The van der Waals surface area contributed by atoms with Crippen molar-refractivity contribution in [3.8, 4) is 11.3 Å². The second kappa shape index (κ2) is 9.44. The quantitative estimate of drug-likeness (QED) is 0.204. The first-order chi connectivity index (χ1) is 20.7. The smallest absolute Gasteiger partial charge is 0.306 e. The van der Waals surface area contributed by atoms with Crippen LogP contribution in [0.25, 0.3) is 60.1 Å². The van der Waals surface area contributed by atoms with Gasteiger partial charge in [-0.1, -0.05) is 87.7 Å². The Hall–Kier alpha value is -4.12. The third kappa shape index (κ3) is 3.97. The molecule has 0 saturated heterocycles. The zero-order valence-corrected chi connectivity index (χ0v) is 24.4. The van der Waals surface area contributed by atoms with Crippen LogP contribution in [0.2, 0.25) is 0 Å². The normalized spacial score (nSPS) is 15.6. The Kier molecular flexibility index (Phi) is 5.82. The summed E-state index contributed by atoms with van der Waals surface area (Å²) in [6.07, 6.45) is 3.74. The van der Waals surface area contributed by atoms with Crippen LogP contribution in [-0.4, -0.2) is 15.6 Å². The van der Waals surface area contributed by atoms with Gasteiger partial charge in [-0.05, 0) is 71.3 Å². The van der Waals surface area contributed by atoms with Gasteiger partial charge in [0.1, 0.15) is 0 Å². The highest BCUT2D eigenvalue weighted by atomic mass is 19.4. The van der Waals surface area contributed by atoms with E-state index in [0.717, 1.165) is 54.9 Å². The third-order valence-corrected chi connectivity index (χ3v) is 9.95. The minimum Gasteiger partial charge on any atom is -0.306 e. The molecule has 0 aliphatic heterocycles. The molecule has 5 heteroatoms. The van der Waals surface area contributed by atoms with E-state index in [1.807, 2.05) is 36.5 Å². The monoisotopic (exact) mass is 574 g/mol. The molecule has 1 saturated carbocycles. The number of hydrogen-bond acceptors (Lipinski definition) is 1. The lowest BCUT2D eigenvalue weighted by Crippen LogP contribution is -2.34. The largest absolute Gasteiger partial charge is 0.394 e. The first-order valence-corrected chi connectivity index (χ1v) is 15.4. The molecule has 8 rings (SSSR count). The molecular formula is C38H33F3N2. The Morgan fingerprint density at radius 2 is 1.49 bits per heavy atom. The maximum Gasteiger partial charge on any atom is 0.394 e. The molecule has 3 aromatic heterocycles. The van der Waals surface area contributed by atoms with Gasteiger partial charge in [0, 0.05) is 33.3 Å². The van der Waals surface area contributed by atoms with Crippen molar-refractivity contribution < 1.29 is 13.2 Å². The number of pyridine rings is 1. The predicted molar refractivity (Wildman–Crippen MR) is 171 cm³/mol. The summed E-state index contributed by atoms with van der Waals surface area (Å²) in [5, 5.41) is 6.55. The molecule has 216 valence electrons. The van der Waals surface area contributed by atoms with Gasteiger partial charge >= 0.3 is 6.18 Å². The standard InChI is InChI=1S/C38H33F3N2/c1-37(2,38(39,40)41)22-25-16-17-28-29-18-19-42-34(36(29)43-32-15-9-8-14-30(32)33(25)35(28)43)26-20-24-12-6-7-13-27(24)31(21-26)23-10-4-3-5-11-23/h6-9,12-21,23H,3-5,10-11,22H2,1-2H3. The van der Waals surface area contributed by atoms with Crippen molar-refractivity contribution in [2.45, 2.75) is 64.5 Å². The van der Waals surface area contributed by atoms with Crippen molar-refractivity contribution in [3.63, 3.8) is 0 Å². The number of rotatable bonds is 4. The molecule has 0 atom stereocenters. The van der Waals surface area contributed by atoms with Gasteiger partial charge in [0.25, 0.3) is 0 Å². The summed E-state index contributed by atoms with van der Waals surface area (Å²) in [5.74, 6) is 0.534. The molecule has 0 spiro atoms. The van der Waals surface area contributed by atoms with E-state index in [9.17, 15) is 13.2 Å². The van der Waals surface area contributed by atoms with E-state index in [0.29, 0.717) is 5.92 Å². The van der Waals surface area contributed by atoms with Crippen molar-refractivity contribution in [2.75, 3.05) is 0 Å². The second-order valence-electron chi connectivity index (χ2n) is 13.1. The molecule has 0 unspecified atom stereocenters. The summed E-state index contributed by atoms with van der Waals surface area (Å²) in [4.78, 5) is 5.01. The molecule has 43 heavy (non-hydrogen) atoms. The van der Waals surface area contributed by atoms with Crippen LogP contribution in [0.1, 0.15) is 63.0 Å². The van der Waals surface area contributed by atoms with Crippen LogP contribution in [-0.2, 0) is 6.42 Å². The van der Waals surface area contributed by atoms with E-state index in [1.165, 1.54) is 62.3 Å². The van der Waals surface area contributed by atoms with Crippen molar-refractivity contribution in [1.29, 1.82) is 0 Å². The van der Waals surface area contributed by atoms with Crippen molar-refractivity contribution in [1.82, 2.24) is 9.38 Å². The van der Waals surface area contributed by atoms with E-state index in [1.54, 1.807) is 0 Å². The summed E-state index contributed by atoms with van der Waals surface area (Å²) >= 11 is 0. The van der Waals surface area contributed by atoms with Gasteiger partial charge in [0.05, 0.1) is 27.7 Å². The fourth-order valence-corrected chi connectivity index (χ4v) is 7.68. The Labute approximate surface area is 248 Å². The highest BCUT2D eigenvalue weighted by Crippen LogP contribution is 2.47. The first kappa shape index (κ1) is 26.5. The van der Waals surface area contributed by atoms with Gasteiger partial charge < -0.3 is 4.40 Å². The summed E-state index contributed by atoms with van der Waals surface area (Å²) in [6.45, 7) is 2.60. The molecule has 1 aliphatic rings. The Morgan fingerprint density at radius 3 is 2.28 bits per heavy atom. The lowest BCUT2D eigenvalue weighted by molar-refractivity contribution is -0.210. The summed E-state index contributed by atoms with van der Waals surface area (Å²) in [7, 11) is 0. The number of para-hydroxylation sites is 1. The number of hydrogen-bond donors (Lipinski definition) is 0. The molecule has 0 amide bonds. The van der Waals surface area contributed by atoms with Crippen LogP contribution in [0, 0.1) is 5.41 Å². The summed E-state index contributed by atoms with van der Waals surface area (Å²) < 4.78 is 44.4. The minimum atomic E-state index is -4.30. The van der Waals surface area contributed by atoms with Crippen LogP contribution in [0.5, 0.6) is 0 Å². The van der Waals surface area contributed by atoms with Gasteiger partial charge in [0.15, 0.2) is 0 Å². The van der Waals surface area contributed by atoms with E-state index in [4.69, 9.17) is 4.98 Å². The number of benzene rings is 4. The Bertz CT molecular complexity index is 2160. The van der Waals surface area contributed by atoms with E-state index < -0.39 is 11.6 Å². The van der Waals surface area contributed by atoms with Gasteiger partial charge in [0.2, 0.25) is 0 Å². The molecule has 7 aromatic rings. The van der Waals surface area contributed by atoms with Crippen LogP contribution in [0.3, 0.4) is 0 Å². The van der Waals surface area contributed by atoms with Gasteiger partial charge in [-0.15, -0.1) is 0 Å². The molecule has 2 nitrogen and oxygen atoms in total. The third-order valence-electron chi connectivity index (χ3n) is 9.95. The number of halogens is 3. The van der Waals surface area contributed by atoms with Crippen molar-refractivity contribution >= 4 is 48.9 Å². The van der Waals surface area contributed by atoms with E-state index in [2.05, 4.69) is 52.9 Å². The number of nitrogens with zero attached hydrogens (tertiary/aromatic N) is 2. The molecule has 1 fully saturated rings. The fourth-order valence-electron chi connectivity index (χ4n) is 7.68. The summed E-state index contributed by atoms with van der Waals surface area (Å²) in [6, 6.07) is 27.4. The molecule has 3 heterocycles. The molecule has 4 aromatic carbocycles. The second-order valence-corrected chi connectivity index (χ2v) is 13.1. The first-order valence-electron chi connectivity index (χ1n) is 15.4. The highest BCUT2D eigenvalue weighted by molar-refractivity contribution is 6.25. The lowest BCUT2D eigenvalue weighted by atomic mass is 9.81. The predicted octanol–water partition coefficient (Wildman–Crippen LogP) is 11.2. The number of alkyl halides is 3. The zero-order valence-electron chi connectivity index (χ0n) is 24.4. The number of fused-ring (bicyclic) bond motifs is 7. The van der Waals surface area contributed by atoms with Crippen LogP contribution >= 0.6 is 0 Å². The average molecular weight is 575 g/mol. The fraction of sp³-hybridized carbons (Fsp3) is 0.289. The van der Waals surface area contributed by atoms with Crippen LogP contribution in [0.15, 0.2) is 85.1 Å². The van der Waals surface area contributed by atoms with Crippen LogP contribution in [0.4, 0.5) is 13.2 Å². The van der Waals surface area contributed by atoms with Gasteiger partial charge in [-0.3, -0.25) is 4.98 Å². The van der Waals surface area contributed by atoms with Crippen molar-refractivity contribution in [2.24, 2.45) is 5.41 Å². The topological polar surface area (TPSA) is 17.3 Å². The molecule has 0 N–H and O–H groups in total. The SMILES string of the molecule is CC(C)(Cc1ccc2c3ccnc(-c4cc(C5CCCCC5)c5ccccc5c4)c3n3c4ccccc4c1c23)C(F)(F)F. The summed E-state index contributed by atoms with van der Waals surface area (Å²) in [5.41, 5.74) is 5.28. The zero-order chi connectivity index (χ0) is 29.5. The lowest BCUT2D eigenvalue weighted by Gasteiger charge is -2.28. The van der Waals surface area contributed by atoms with Gasteiger partial charge in [-0.25, -0.2) is 0 Å². The maximum absolute atomic E-state index is 14.1. The minimum absolute atomic E-state index is 0.0852. The molecule has 0 bridgehead atoms. The van der Waals surface area contributed by atoms with E-state index in [-0.39, 0.29) is 6.42 Å². The molecule has 1 aliphatic carbocycles. The average Bonchev–Trinajstić information content (AvgIpc) is 3.53. The van der Waals surface area contributed by atoms with Crippen LogP contribution < -0.4 is 0 Å². The number of aromatic nitrogens is 2. The van der Waals surface area contributed by atoms with Crippen molar-refractivity contribution in [3.05, 3.63) is 96.2 Å². The molecule has 0 radical (unpaired) electrons.